The van der Waals surface area contributed by atoms with Gasteiger partial charge >= 0.3 is 0 Å². The Morgan fingerprint density at radius 3 is 2.58 bits per heavy atom. The van der Waals surface area contributed by atoms with Crippen molar-refractivity contribution < 1.29 is 15.3 Å². The summed E-state index contributed by atoms with van der Waals surface area (Å²) >= 11 is 1.23. The van der Waals surface area contributed by atoms with Crippen molar-refractivity contribution in [3.05, 3.63) is 16.1 Å². The van der Waals surface area contributed by atoms with Crippen molar-refractivity contribution in [1.82, 2.24) is 4.98 Å². The molecule has 4 nitrogen and oxygen atoms in total. The van der Waals surface area contributed by atoms with Crippen LogP contribution in [0.2, 0.25) is 0 Å². The van der Waals surface area contributed by atoms with Crippen LogP contribution in [0, 0.1) is 0 Å². The van der Waals surface area contributed by atoms with E-state index in [1.54, 1.807) is 0 Å². The second-order valence-corrected chi connectivity index (χ2v) is 3.30. The smallest absolute Gasteiger partial charge is 0.196 e. The molecule has 68 valence electrons. The number of hydrogen-bond acceptors (Lipinski definition) is 5. The maximum atomic E-state index is 9.31. The molecule has 3 N–H and O–H groups in total. The summed E-state index contributed by atoms with van der Waals surface area (Å²) in [4.78, 5) is 3.85. The third-order valence-corrected chi connectivity index (χ3v) is 2.44. The van der Waals surface area contributed by atoms with Crippen LogP contribution in [0.4, 0.5) is 0 Å². The van der Waals surface area contributed by atoms with Crippen LogP contribution in [-0.2, 0) is 0 Å². The Labute approximate surface area is 74.1 Å². The van der Waals surface area contributed by atoms with Gasteiger partial charge in [-0.25, -0.2) is 4.98 Å². The van der Waals surface area contributed by atoms with E-state index in [2.05, 4.69) is 4.98 Å². The summed E-state index contributed by atoms with van der Waals surface area (Å²) in [6, 6.07) is 0. The molecule has 1 rings (SSSR count). The first-order valence-corrected chi connectivity index (χ1v) is 4.52. The molecule has 1 unspecified atom stereocenters. The van der Waals surface area contributed by atoms with E-state index >= 15 is 0 Å². The number of rotatable bonds is 3. The summed E-state index contributed by atoms with van der Waals surface area (Å²) < 4.78 is 0. The van der Waals surface area contributed by atoms with Crippen LogP contribution in [0.5, 0.6) is 0 Å². The Morgan fingerprint density at radius 2 is 2.17 bits per heavy atom. The van der Waals surface area contributed by atoms with Crippen molar-refractivity contribution in [2.45, 2.75) is 25.7 Å². The normalized spacial score (nSPS) is 13.8. The van der Waals surface area contributed by atoms with Crippen LogP contribution < -0.4 is 0 Å². The molecule has 0 spiro atoms. The van der Waals surface area contributed by atoms with E-state index in [0.717, 1.165) is 0 Å². The number of hydrogen-bond donors (Lipinski definition) is 3. The minimum atomic E-state index is -1.54. The van der Waals surface area contributed by atoms with Gasteiger partial charge in [0, 0.05) is 5.38 Å². The van der Waals surface area contributed by atoms with Crippen molar-refractivity contribution in [2.24, 2.45) is 0 Å². The molecule has 5 heteroatoms. The van der Waals surface area contributed by atoms with E-state index in [1.807, 2.05) is 6.92 Å². The fourth-order valence-corrected chi connectivity index (χ4v) is 1.64. The number of aromatic nitrogens is 1. The molecule has 0 aliphatic carbocycles. The fourth-order valence-electron chi connectivity index (χ4n) is 0.747. The van der Waals surface area contributed by atoms with Crippen LogP contribution in [-0.4, -0.2) is 20.3 Å². The molecule has 0 aliphatic rings. The topological polar surface area (TPSA) is 73.6 Å². The molecule has 0 aromatic carbocycles. The first-order valence-electron chi connectivity index (χ1n) is 3.64. The molecule has 0 saturated heterocycles. The average molecular weight is 189 g/mol. The first kappa shape index (κ1) is 9.60. The predicted octanol–water partition coefficient (Wildman–Crippen LogP) is 0.570. The lowest BCUT2D eigenvalue weighted by Gasteiger charge is -2.01. The van der Waals surface area contributed by atoms with Crippen molar-refractivity contribution in [2.75, 3.05) is 0 Å². The maximum Gasteiger partial charge on any atom is 0.196 e. The number of thiazole rings is 1. The molecule has 0 saturated carbocycles. The monoisotopic (exact) mass is 189 g/mol. The van der Waals surface area contributed by atoms with Gasteiger partial charge in [0.25, 0.3) is 0 Å². The molecule has 0 aliphatic heterocycles. The lowest BCUT2D eigenvalue weighted by atomic mass is 10.3. The van der Waals surface area contributed by atoms with Crippen LogP contribution in [0.25, 0.3) is 0 Å². The van der Waals surface area contributed by atoms with Crippen LogP contribution in [0.3, 0.4) is 0 Å². The van der Waals surface area contributed by atoms with Gasteiger partial charge in [-0.2, -0.15) is 0 Å². The predicted molar refractivity (Wildman–Crippen MR) is 44.5 cm³/mol. The Bertz CT molecular complexity index is 249. The fraction of sp³-hybridized carbons (Fsp3) is 0.571. The summed E-state index contributed by atoms with van der Waals surface area (Å²) in [5, 5.41) is 28.8. The highest BCUT2D eigenvalue weighted by atomic mass is 32.1. The van der Waals surface area contributed by atoms with E-state index in [1.165, 1.54) is 16.7 Å². The van der Waals surface area contributed by atoms with Gasteiger partial charge in [-0.1, -0.05) is 6.92 Å². The summed E-state index contributed by atoms with van der Waals surface area (Å²) in [6.45, 7) is 1.83. The van der Waals surface area contributed by atoms with Gasteiger partial charge in [-0.05, 0) is 6.42 Å². The standard InChI is InChI=1S/C7H11NO3S/c1-2-5(9)6-8-4(3-12-6)7(10)11/h3,5,7,9-11H,2H2,1H3. The largest absolute Gasteiger partial charge is 0.386 e. The third kappa shape index (κ3) is 2.01. The van der Waals surface area contributed by atoms with E-state index < -0.39 is 12.4 Å². The van der Waals surface area contributed by atoms with E-state index in [0.29, 0.717) is 11.4 Å². The van der Waals surface area contributed by atoms with Gasteiger partial charge in [-0.3, -0.25) is 0 Å². The molecule has 0 radical (unpaired) electrons. The molecular formula is C7H11NO3S. The molecule has 1 aromatic rings. The van der Waals surface area contributed by atoms with Crippen molar-refractivity contribution in [1.29, 1.82) is 0 Å². The molecule has 1 aromatic heterocycles. The molecule has 0 fully saturated rings. The quantitative estimate of drug-likeness (QED) is 0.608. The highest BCUT2D eigenvalue weighted by Gasteiger charge is 2.12. The summed E-state index contributed by atoms with van der Waals surface area (Å²) in [5.74, 6) is 0. The minimum Gasteiger partial charge on any atom is -0.386 e. The Balaban J connectivity index is 2.77. The van der Waals surface area contributed by atoms with Crippen molar-refractivity contribution in [3.63, 3.8) is 0 Å². The molecule has 12 heavy (non-hydrogen) atoms. The van der Waals surface area contributed by atoms with Crippen molar-refractivity contribution in [3.8, 4) is 0 Å². The van der Waals surface area contributed by atoms with Crippen LogP contribution >= 0.6 is 11.3 Å². The van der Waals surface area contributed by atoms with Gasteiger partial charge in [0.2, 0.25) is 0 Å². The first-order chi connectivity index (χ1) is 5.65. The Kier molecular flexibility index (Phi) is 3.16. The molecule has 1 atom stereocenters. The number of aliphatic hydroxyl groups is 3. The van der Waals surface area contributed by atoms with Gasteiger partial charge in [0.1, 0.15) is 16.8 Å². The zero-order chi connectivity index (χ0) is 9.14. The Hall–Kier alpha value is -0.490. The highest BCUT2D eigenvalue weighted by Crippen LogP contribution is 2.22. The second kappa shape index (κ2) is 3.95. The molecule has 0 bridgehead atoms. The van der Waals surface area contributed by atoms with Gasteiger partial charge in [-0.15, -0.1) is 11.3 Å². The number of nitrogens with zero attached hydrogens (tertiary/aromatic N) is 1. The molecule has 1 heterocycles. The third-order valence-electron chi connectivity index (χ3n) is 1.48. The summed E-state index contributed by atoms with van der Waals surface area (Å²) in [6.07, 6.45) is -1.56. The maximum absolute atomic E-state index is 9.31. The van der Waals surface area contributed by atoms with Gasteiger partial charge in [0.15, 0.2) is 6.29 Å². The lowest BCUT2D eigenvalue weighted by Crippen LogP contribution is -1.98. The lowest BCUT2D eigenvalue weighted by molar-refractivity contribution is -0.0456. The van der Waals surface area contributed by atoms with E-state index in [9.17, 15) is 5.11 Å². The minimum absolute atomic E-state index is 0.197. The molecule has 0 amide bonds. The van der Waals surface area contributed by atoms with E-state index in [-0.39, 0.29) is 5.69 Å². The average Bonchev–Trinajstić information content (AvgIpc) is 2.51. The highest BCUT2D eigenvalue weighted by molar-refractivity contribution is 7.09. The van der Waals surface area contributed by atoms with E-state index in [4.69, 9.17) is 10.2 Å². The van der Waals surface area contributed by atoms with Gasteiger partial charge in [0.05, 0.1) is 0 Å². The molecular weight excluding hydrogens is 178 g/mol. The number of aliphatic hydroxyl groups excluding tert-OH is 2. The zero-order valence-electron chi connectivity index (χ0n) is 6.64. The summed E-state index contributed by atoms with van der Waals surface area (Å²) in [5.41, 5.74) is 0.197. The van der Waals surface area contributed by atoms with Crippen molar-refractivity contribution >= 4 is 11.3 Å². The summed E-state index contributed by atoms with van der Waals surface area (Å²) in [7, 11) is 0. The van der Waals surface area contributed by atoms with Crippen LogP contribution in [0.15, 0.2) is 5.38 Å². The van der Waals surface area contributed by atoms with Crippen LogP contribution in [0.1, 0.15) is 36.4 Å². The SMILES string of the molecule is CCC(O)c1nc(C(O)O)cs1. The Morgan fingerprint density at radius 1 is 1.50 bits per heavy atom. The second-order valence-electron chi connectivity index (χ2n) is 2.41. The zero-order valence-corrected chi connectivity index (χ0v) is 7.45. The van der Waals surface area contributed by atoms with Gasteiger partial charge < -0.3 is 15.3 Å².